The molecule has 0 aromatic carbocycles. The van der Waals surface area contributed by atoms with Crippen LogP contribution in [0.3, 0.4) is 0 Å². The molecule has 13 heteroatoms. The number of rotatable bonds is 11. The fourth-order valence-electron chi connectivity index (χ4n) is 1.59. The highest BCUT2D eigenvalue weighted by Gasteiger charge is 2.24. The van der Waals surface area contributed by atoms with Gasteiger partial charge in [-0.2, -0.15) is 0 Å². The summed E-state index contributed by atoms with van der Waals surface area (Å²) in [5, 5.41) is 34.7. The van der Waals surface area contributed by atoms with Gasteiger partial charge in [-0.1, -0.05) is 0 Å². The van der Waals surface area contributed by atoms with Crippen LogP contribution in [-0.4, -0.2) is 93.0 Å². The molecule has 0 heterocycles. The highest BCUT2D eigenvalue weighted by Crippen LogP contribution is 1.99. The van der Waals surface area contributed by atoms with E-state index in [0.29, 0.717) is 0 Å². The van der Waals surface area contributed by atoms with Gasteiger partial charge >= 0.3 is 23.9 Å². The van der Waals surface area contributed by atoms with Gasteiger partial charge in [0.15, 0.2) is 0 Å². The van der Waals surface area contributed by atoms with Crippen LogP contribution in [0.15, 0.2) is 0 Å². The van der Waals surface area contributed by atoms with Gasteiger partial charge < -0.3 is 38.5 Å². The minimum Gasteiger partial charge on any atom is -0.480 e. The van der Waals surface area contributed by atoms with E-state index in [1.807, 2.05) is 0 Å². The first-order valence-electron chi connectivity index (χ1n) is 5.71. The van der Waals surface area contributed by atoms with Gasteiger partial charge in [-0.25, -0.2) is 0 Å². The molecule has 0 rings (SSSR count). The quantitative estimate of drug-likeness (QED) is 0.193. The summed E-state index contributed by atoms with van der Waals surface area (Å²) in [6.07, 6.45) is -1.14. The summed E-state index contributed by atoms with van der Waals surface area (Å²) in [6, 6.07) is 0. The third-order valence-electron chi connectivity index (χ3n) is 2.31. The van der Waals surface area contributed by atoms with Crippen LogP contribution in [0.1, 0.15) is 0 Å². The summed E-state index contributed by atoms with van der Waals surface area (Å²) in [5.41, 5.74) is 5.64. The Morgan fingerprint density at radius 1 is 0.739 bits per heavy atom. The molecule has 0 fully saturated rings. The second kappa shape index (κ2) is 12.2. The normalized spacial score (nSPS) is 11.3. The number of carbonyl (C=O) groups is 4. The van der Waals surface area contributed by atoms with Crippen molar-refractivity contribution in [1.29, 1.82) is 0 Å². The van der Waals surface area contributed by atoms with Gasteiger partial charge in [0.1, 0.15) is 0 Å². The van der Waals surface area contributed by atoms with Crippen molar-refractivity contribution in [3.8, 4) is 0 Å². The molecule has 0 saturated heterocycles. The van der Waals surface area contributed by atoms with E-state index < -0.39 is 56.2 Å². The zero-order valence-electron chi connectivity index (χ0n) is 12.4. The van der Waals surface area contributed by atoms with Crippen molar-refractivity contribution < 1.29 is 39.6 Å². The van der Waals surface area contributed by atoms with E-state index in [-0.39, 0.29) is 18.8 Å². The second-order valence-electron chi connectivity index (χ2n) is 4.22. The standard InChI is InChI=1S/C10H17N3O8.2H3N/c11-6(13(4-9(18)19)5-10(20)21)1-12(2-7(14)15)3-8(16)17;;/h6H,1-5,11H2,(H,14,15)(H,16,17)(H,18,19)(H,20,21);2*1H3. The summed E-state index contributed by atoms with van der Waals surface area (Å²) < 4.78 is 0. The predicted octanol–water partition coefficient (Wildman–Crippen LogP) is -2.46. The maximum atomic E-state index is 10.6. The number of aliphatic carboxylic acids is 4. The molecule has 0 radical (unpaired) electrons. The maximum Gasteiger partial charge on any atom is 0.317 e. The second-order valence-corrected chi connectivity index (χ2v) is 4.22. The van der Waals surface area contributed by atoms with Crippen molar-refractivity contribution in [2.75, 3.05) is 32.7 Å². The molecular formula is C10H23N5O8. The number of nitrogens with two attached hydrogens (primary N) is 1. The van der Waals surface area contributed by atoms with E-state index in [0.717, 1.165) is 9.80 Å². The predicted molar refractivity (Wildman–Crippen MR) is 76.6 cm³/mol. The smallest absolute Gasteiger partial charge is 0.317 e. The number of hydrogen-bond acceptors (Lipinski definition) is 9. The summed E-state index contributed by atoms with van der Waals surface area (Å²) in [7, 11) is 0. The summed E-state index contributed by atoms with van der Waals surface area (Å²) in [6.45, 7) is -2.87. The molecule has 0 aliphatic carbocycles. The monoisotopic (exact) mass is 341 g/mol. The van der Waals surface area contributed by atoms with Gasteiger partial charge in [0.2, 0.25) is 0 Å². The van der Waals surface area contributed by atoms with Gasteiger partial charge in [-0.3, -0.25) is 29.0 Å². The zero-order valence-corrected chi connectivity index (χ0v) is 12.4. The number of carboxylic acid groups (broad SMARTS) is 4. The summed E-state index contributed by atoms with van der Waals surface area (Å²) in [4.78, 5) is 44.4. The number of carboxylic acids is 4. The SMILES string of the molecule is N.N.NC(CN(CC(=O)O)CC(=O)O)N(CC(=O)O)CC(=O)O. The van der Waals surface area contributed by atoms with Gasteiger partial charge in [0.25, 0.3) is 0 Å². The highest BCUT2D eigenvalue weighted by molar-refractivity contribution is 5.73. The van der Waals surface area contributed by atoms with Crippen LogP contribution in [0, 0.1) is 0 Å². The molecule has 13 nitrogen and oxygen atoms in total. The largest absolute Gasteiger partial charge is 0.480 e. The molecule has 0 bridgehead atoms. The molecule has 136 valence electrons. The van der Waals surface area contributed by atoms with Crippen molar-refractivity contribution in [2.24, 2.45) is 5.73 Å². The molecule has 0 spiro atoms. The van der Waals surface area contributed by atoms with E-state index >= 15 is 0 Å². The molecule has 0 aromatic rings. The van der Waals surface area contributed by atoms with E-state index in [2.05, 4.69) is 0 Å². The Balaban J connectivity index is -0.00000200. The van der Waals surface area contributed by atoms with E-state index in [9.17, 15) is 19.2 Å². The van der Waals surface area contributed by atoms with Gasteiger partial charge in [-0.05, 0) is 0 Å². The first-order chi connectivity index (χ1) is 9.61. The lowest BCUT2D eigenvalue weighted by atomic mass is 10.3. The van der Waals surface area contributed by atoms with E-state index in [1.54, 1.807) is 0 Å². The molecule has 0 aromatic heterocycles. The van der Waals surface area contributed by atoms with E-state index in [4.69, 9.17) is 26.2 Å². The van der Waals surface area contributed by atoms with Crippen LogP contribution >= 0.6 is 0 Å². The third-order valence-corrected chi connectivity index (χ3v) is 2.31. The lowest BCUT2D eigenvalue weighted by Crippen LogP contribution is -2.54. The Hall–Kier alpha value is -2.32. The number of nitrogens with zero attached hydrogens (tertiary/aromatic N) is 2. The van der Waals surface area contributed by atoms with Crippen LogP contribution in [0.25, 0.3) is 0 Å². The van der Waals surface area contributed by atoms with Gasteiger partial charge in [0, 0.05) is 6.54 Å². The van der Waals surface area contributed by atoms with Crippen molar-refractivity contribution in [3.05, 3.63) is 0 Å². The molecule has 0 amide bonds. The molecule has 0 aliphatic heterocycles. The Kier molecular flexibility index (Phi) is 13.6. The van der Waals surface area contributed by atoms with E-state index in [1.165, 1.54) is 0 Å². The van der Waals surface area contributed by atoms with Crippen molar-refractivity contribution in [2.45, 2.75) is 6.17 Å². The van der Waals surface area contributed by atoms with Crippen LogP contribution in [0.5, 0.6) is 0 Å². The zero-order chi connectivity index (χ0) is 16.6. The van der Waals surface area contributed by atoms with Crippen LogP contribution in [0.2, 0.25) is 0 Å². The maximum absolute atomic E-state index is 10.6. The average Bonchev–Trinajstić information content (AvgIpc) is 2.24. The Morgan fingerprint density at radius 3 is 1.30 bits per heavy atom. The lowest BCUT2D eigenvalue weighted by molar-refractivity contribution is -0.146. The molecule has 1 atom stereocenters. The minimum atomic E-state index is -1.31. The fraction of sp³-hybridized carbons (Fsp3) is 0.600. The Morgan fingerprint density at radius 2 is 1.04 bits per heavy atom. The Bertz CT molecular complexity index is 386. The fourth-order valence-corrected chi connectivity index (χ4v) is 1.59. The van der Waals surface area contributed by atoms with Gasteiger partial charge in [0.05, 0.1) is 32.3 Å². The Labute approximate surface area is 131 Å². The van der Waals surface area contributed by atoms with Crippen molar-refractivity contribution >= 4 is 23.9 Å². The topological polar surface area (TPSA) is 252 Å². The molecule has 0 aliphatic rings. The summed E-state index contributed by atoms with van der Waals surface area (Å²) >= 11 is 0. The molecule has 23 heavy (non-hydrogen) atoms. The first-order valence-corrected chi connectivity index (χ1v) is 5.71. The lowest BCUT2D eigenvalue weighted by Gasteiger charge is -2.29. The number of hydrogen-bond donors (Lipinski definition) is 7. The third kappa shape index (κ3) is 13.1. The van der Waals surface area contributed by atoms with Gasteiger partial charge in [-0.15, -0.1) is 0 Å². The van der Waals surface area contributed by atoms with Crippen molar-refractivity contribution in [3.63, 3.8) is 0 Å². The molecule has 0 saturated carbocycles. The van der Waals surface area contributed by atoms with Crippen LogP contribution in [-0.2, 0) is 19.2 Å². The average molecular weight is 341 g/mol. The van der Waals surface area contributed by atoms with Crippen LogP contribution in [0.4, 0.5) is 0 Å². The van der Waals surface area contributed by atoms with Crippen LogP contribution < -0.4 is 18.0 Å². The first kappa shape index (κ1) is 25.6. The molecule has 1 unspecified atom stereocenters. The molecule has 12 N–H and O–H groups in total. The van der Waals surface area contributed by atoms with Crippen molar-refractivity contribution in [1.82, 2.24) is 22.1 Å². The molecular weight excluding hydrogens is 318 g/mol. The minimum absolute atomic E-state index is 0. The highest BCUT2D eigenvalue weighted by atomic mass is 16.4. The summed E-state index contributed by atoms with van der Waals surface area (Å²) in [5.74, 6) is -5.19.